The first-order valence-corrected chi connectivity index (χ1v) is 8.67. The van der Waals surface area contributed by atoms with Crippen molar-refractivity contribution >= 4 is 11.8 Å². The Bertz CT molecular complexity index is 538. The maximum atomic E-state index is 12.1. The van der Waals surface area contributed by atoms with E-state index >= 15 is 0 Å². The van der Waals surface area contributed by atoms with E-state index in [1.165, 1.54) is 12.8 Å². The van der Waals surface area contributed by atoms with E-state index in [0.717, 1.165) is 25.2 Å². The van der Waals surface area contributed by atoms with Gasteiger partial charge >= 0.3 is 0 Å². The number of carbonyl (C=O) groups excluding carboxylic acids is 2. The van der Waals surface area contributed by atoms with Gasteiger partial charge in [-0.2, -0.15) is 0 Å². The highest BCUT2D eigenvalue weighted by molar-refractivity contribution is 5.94. The lowest BCUT2D eigenvalue weighted by atomic mass is 10.1. The minimum Gasteiger partial charge on any atom is -0.352 e. The number of nitrogens with one attached hydrogen (secondary N) is 2. The summed E-state index contributed by atoms with van der Waals surface area (Å²) in [4.78, 5) is 26.2. The lowest BCUT2D eigenvalue weighted by Gasteiger charge is -2.14. The van der Waals surface area contributed by atoms with Gasteiger partial charge in [0.05, 0.1) is 0 Å². The molecule has 1 aliphatic heterocycles. The average molecular weight is 332 g/mol. The fourth-order valence-electron chi connectivity index (χ4n) is 2.68. The summed E-state index contributed by atoms with van der Waals surface area (Å²) in [6.45, 7) is 6.44. The van der Waals surface area contributed by atoms with Gasteiger partial charge < -0.3 is 21.3 Å². The molecule has 4 N–H and O–H groups in total. The normalized spacial score (nSPS) is 15.9. The Hall–Kier alpha value is -1.92. The van der Waals surface area contributed by atoms with Gasteiger partial charge in [0, 0.05) is 37.7 Å². The van der Waals surface area contributed by atoms with Gasteiger partial charge in [-0.25, -0.2) is 0 Å². The molecular weight excluding hydrogens is 304 g/mol. The van der Waals surface area contributed by atoms with E-state index in [0.29, 0.717) is 25.2 Å². The minimum atomic E-state index is -0.189. The summed E-state index contributed by atoms with van der Waals surface area (Å²) in [5.41, 5.74) is 7.07. The molecule has 6 heteroatoms. The second kappa shape index (κ2) is 9.39. The van der Waals surface area contributed by atoms with Gasteiger partial charge in [0.25, 0.3) is 5.91 Å². The molecule has 2 rings (SSSR count). The molecule has 0 spiro atoms. The Balaban J connectivity index is 1.73. The van der Waals surface area contributed by atoms with E-state index in [1.807, 2.05) is 12.1 Å². The Labute approximate surface area is 143 Å². The predicted molar refractivity (Wildman–Crippen MR) is 94.5 cm³/mol. The number of rotatable bonds is 8. The number of carbonyl (C=O) groups is 2. The second-order valence-electron chi connectivity index (χ2n) is 6.36. The minimum absolute atomic E-state index is 0.0541. The van der Waals surface area contributed by atoms with Gasteiger partial charge in [-0.1, -0.05) is 19.1 Å². The Kier molecular flexibility index (Phi) is 7.21. The topological polar surface area (TPSA) is 87.5 Å². The van der Waals surface area contributed by atoms with Crippen molar-refractivity contribution in [1.29, 1.82) is 0 Å². The van der Waals surface area contributed by atoms with E-state index in [2.05, 4.69) is 15.5 Å². The van der Waals surface area contributed by atoms with E-state index in [9.17, 15) is 9.59 Å². The third-order valence-electron chi connectivity index (χ3n) is 4.40. The van der Waals surface area contributed by atoms with Crippen LogP contribution in [0.25, 0.3) is 0 Å². The maximum absolute atomic E-state index is 12.1. The molecule has 1 aromatic carbocycles. The highest BCUT2D eigenvalue weighted by Crippen LogP contribution is 2.07. The van der Waals surface area contributed by atoms with Crippen molar-refractivity contribution in [3.8, 4) is 0 Å². The largest absolute Gasteiger partial charge is 0.352 e. The lowest BCUT2D eigenvalue weighted by Crippen LogP contribution is -2.33. The monoisotopic (exact) mass is 332 g/mol. The SMILES string of the molecule is CC(CN)C(=O)NCc1ccc(C(=O)NCCN2CCCC2)cc1. The summed E-state index contributed by atoms with van der Waals surface area (Å²) in [5.74, 6) is -0.298. The molecule has 1 atom stereocenters. The van der Waals surface area contributed by atoms with Crippen LogP contribution in [0.3, 0.4) is 0 Å². The molecule has 6 nitrogen and oxygen atoms in total. The molecule has 1 aliphatic rings. The van der Waals surface area contributed by atoms with Gasteiger partial charge in [-0.3, -0.25) is 9.59 Å². The first kappa shape index (κ1) is 18.4. The highest BCUT2D eigenvalue weighted by atomic mass is 16.2. The second-order valence-corrected chi connectivity index (χ2v) is 6.36. The molecule has 132 valence electrons. The van der Waals surface area contributed by atoms with Crippen molar-refractivity contribution in [2.24, 2.45) is 11.7 Å². The molecule has 0 saturated carbocycles. The van der Waals surface area contributed by atoms with Crippen LogP contribution in [0.15, 0.2) is 24.3 Å². The molecule has 0 aliphatic carbocycles. The molecule has 1 unspecified atom stereocenters. The molecule has 1 aromatic rings. The average Bonchev–Trinajstić information content (AvgIpc) is 3.12. The predicted octanol–water partition coefficient (Wildman–Crippen LogP) is 0.723. The zero-order chi connectivity index (χ0) is 17.4. The fourth-order valence-corrected chi connectivity index (χ4v) is 2.68. The van der Waals surface area contributed by atoms with Crippen LogP contribution >= 0.6 is 0 Å². The first-order chi connectivity index (χ1) is 11.6. The lowest BCUT2D eigenvalue weighted by molar-refractivity contribution is -0.124. The van der Waals surface area contributed by atoms with E-state index < -0.39 is 0 Å². The number of benzene rings is 1. The van der Waals surface area contributed by atoms with Gasteiger partial charge in [-0.15, -0.1) is 0 Å². The zero-order valence-corrected chi connectivity index (χ0v) is 14.4. The number of hydrogen-bond donors (Lipinski definition) is 3. The summed E-state index contributed by atoms with van der Waals surface area (Å²) < 4.78 is 0. The summed E-state index contributed by atoms with van der Waals surface area (Å²) in [6.07, 6.45) is 2.52. The zero-order valence-electron chi connectivity index (χ0n) is 14.4. The third-order valence-corrected chi connectivity index (χ3v) is 4.40. The molecule has 24 heavy (non-hydrogen) atoms. The molecule has 1 saturated heterocycles. The van der Waals surface area contributed by atoms with Gasteiger partial charge in [0.15, 0.2) is 0 Å². The summed E-state index contributed by atoms with van der Waals surface area (Å²) in [5, 5.41) is 5.79. The van der Waals surface area contributed by atoms with Crippen LogP contribution in [-0.4, -0.2) is 49.4 Å². The van der Waals surface area contributed by atoms with Crippen molar-refractivity contribution in [3.63, 3.8) is 0 Å². The molecule has 0 bridgehead atoms. The quantitative estimate of drug-likeness (QED) is 0.655. The number of likely N-dealkylation sites (tertiary alicyclic amines) is 1. The molecule has 2 amide bonds. The number of nitrogens with zero attached hydrogens (tertiary/aromatic N) is 1. The van der Waals surface area contributed by atoms with Crippen LogP contribution < -0.4 is 16.4 Å². The van der Waals surface area contributed by atoms with Crippen molar-refractivity contribution in [2.75, 3.05) is 32.7 Å². The Morgan fingerprint density at radius 1 is 1.17 bits per heavy atom. The molecule has 0 radical (unpaired) electrons. The van der Waals surface area contributed by atoms with Crippen LogP contribution in [0.4, 0.5) is 0 Å². The fraction of sp³-hybridized carbons (Fsp3) is 0.556. The van der Waals surface area contributed by atoms with Gasteiger partial charge in [-0.05, 0) is 43.6 Å². The number of amides is 2. The van der Waals surface area contributed by atoms with Crippen LogP contribution in [0, 0.1) is 5.92 Å². The van der Waals surface area contributed by atoms with Gasteiger partial charge in [0.1, 0.15) is 0 Å². The van der Waals surface area contributed by atoms with Crippen molar-refractivity contribution in [1.82, 2.24) is 15.5 Å². The maximum Gasteiger partial charge on any atom is 0.251 e. The van der Waals surface area contributed by atoms with E-state index in [1.54, 1.807) is 19.1 Å². The number of hydrogen-bond acceptors (Lipinski definition) is 4. The molecule has 1 fully saturated rings. The summed E-state index contributed by atoms with van der Waals surface area (Å²) in [6, 6.07) is 7.31. The van der Waals surface area contributed by atoms with Crippen molar-refractivity contribution in [2.45, 2.75) is 26.3 Å². The van der Waals surface area contributed by atoms with Crippen LogP contribution in [0.1, 0.15) is 35.7 Å². The Morgan fingerprint density at radius 2 is 1.83 bits per heavy atom. The molecule has 0 aromatic heterocycles. The number of nitrogens with two attached hydrogens (primary N) is 1. The van der Waals surface area contributed by atoms with E-state index in [-0.39, 0.29) is 17.7 Å². The highest BCUT2D eigenvalue weighted by Gasteiger charge is 2.12. The van der Waals surface area contributed by atoms with E-state index in [4.69, 9.17) is 5.73 Å². The summed E-state index contributed by atoms with van der Waals surface area (Å²) >= 11 is 0. The summed E-state index contributed by atoms with van der Waals surface area (Å²) in [7, 11) is 0. The standard InChI is InChI=1S/C18H28N4O2/c1-14(12-19)17(23)21-13-15-4-6-16(7-5-15)18(24)20-8-11-22-9-2-3-10-22/h4-7,14H,2-3,8-13,19H2,1H3,(H,20,24)(H,21,23). The van der Waals surface area contributed by atoms with Crippen molar-refractivity contribution in [3.05, 3.63) is 35.4 Å². The third kappa shape index (κ3) is 5.62. The molecular formula is C18H28N4O2. The van der Waals surface area contributed by atoms with Crippen LogP contribution in [-0.2, 0) is 11.3 Å². The smallest absolute Gasteiger partial charge is 0.251 e. The van der Waals surface area contributed by atoms with Gasteiger partial charge in [0.2, 0.25) is 5.91 Å². The Morgan fingerprint density at radius 3 is 2.46 bits per heavy atom. The first-order valence-electron chi connectivity index (χ1n) is 8.67. The van der Waals surface area contributed by atoms with Crippen LogP contribution in [0.2, 0.25) is 0 Å². The molecule has 1 heterocycles. The van der Waals surface area contributed by atoms with Crippen LogP contribution in [0.5, 0.6) is 0 Å². The van der Waals surface area contributed by atoms with Crippen molar-refractivity contribution < 1.29 is 9.59 Å².